The number of nitrogens with zero attached hydrogens (tertiary/aromatic N) is 4. The van der Waals surface area contributed by atoms with Crippen molar-refractivity contribution in [2.45, 2.75) is 32.7 Å². The molecule has 1 unspecified atom stereocenters. The summed E-state index contributed by atoms with van der Waals surface area (Å²) >= 11 is 0. The zero-order chi connectivity index (χ0) is 17.6. The molecule has 3 aromatic rings. The standard InChI is InChI=1S/C19H20N4O2/c1-12-8-9-14-6-4-5-7-16(14)23(12)19(24)17-13(2)21-18(25-17)15-10-20-22(3)11-15/h4-7,10-12H,8-9H2,1-3H3. The van der Waals surface area contributed by atoms with Crippen LogP contribution in [0, 0.1) is 6.92 Å². The van der Waals surface area contributed by atoms with E-state index in [-0.39, 0.29) is 11.9 Å². The van der Waals surface area contributed by atoms with Crippen LogP contribution in [0.2, 0.25) is 0 Å². The quantitative estimate of drug-likeness (QED) is 0.720. The van der Waals surface area contributed by atoms with Gasteiger partial charge in [0.2, 0.25) is 11.7 Å². The molecule has 1 atom stereocenters. The van der Waals surface area contributed by atoms with Gasteiger partial charge in [-0.15, -0.1) is 0 Å². The van der Waals surface area contributed by atoms with E-state index in [9.17, 15) is 4.79 Å². The molecule has 0 spiro atoms. The van der Waals surface area contributed by atoms with E-state index in [1.165, 1.54) is 5.56 Å². The van der Waals surface area contributed by atoms with Crippen molar-refractivity contribution >= 4 is 11.6 Å². The van der Waals surface area contributed by atoms with Gasteiger partial charge in [-0.3, -0.25) is 9.48 Å². The van der Waals surface area contributed by atoms with Gasteiger partial charge in [-0.2, -0.15) is 5.10 Å². The Bertz CT molecular complexity index is 941. The Hall–Kier alpha value is -2.89. The summed E-state index contributed by atoms with van der Waals surface area (Å²) < 4.78 is 7.52. The van der Waals surface area contributed by atoms with Crippen LogP contribution in [0.25, 0.3) is 11.5 Å². The third-order valence-corrected chi connectivity index (χ3v) is 4.68. The van der Waals surface area contributed by atoms with Crippen LogP contribution in [0.5, 0.6) is 0 Å². The molecule has 0 bridgehead atoms. The van der Waals surface area contributed by atoms with Gasteiger partial charge in [0, 0.05) is 25.0 Å². The second-order valence-electron chi connectivity index (χ2n) is 6.53. The molecule has 1 aliphatic heterocycles. The number of benzene rings is 1. The molecule has 1 amide bonds. The average Bonchev–Trinajstić information content (AvgIpc) is 3.20. The molecular formula is C19H20N4O2. The number of fused-ring (bicyclic) bond motifs is 1. The van der Waals surface area contributed by atoms with Crippen LogP contribution < -0.4 is 4.90 Å². The summed E-state index contributed by atoms with van der Waals surface area (Å²) in [6, 6.07) is 8.17. The molecule has 3 heterocycles. The maximum atomic E-state index is 13.2. The highest BCUT2D eigenvalue weighted by atomic mass is 16.4. The predicted molar refractivity (Wildman–Crippen MR) is 94.5 cm³/mol. The van der Waals surface area contributed by atoms with Crippen molar-refractivity contribution in [1.29, 1.82) is 0 Å². The average molecular weight is 336 g/mol. The van der Waals surface area contributed by atoms with E-state index in [4.69, 9.17) is 4.42 Å². The zero-order valence-electron chi connectivity index (χ0n) is 14.6. The summed E-state index contributed by atoms with van der Waals surface area (Å²) in [6.45, 7) is 3.87. The van der Waals surface area contributed by atoms with Crippen LogP contribution in [0.3, 0.4) is 0 Å². The van der Waals surface area contributed by atoms with Crippen molar-refractivity contribution < 1.29 is 9.21 Å². The highest BCUT2D eigenvalue weighted by molar-refractivity contribution is 6.06. The van der Waals surface area contributed by atoms with E-state index >= 15 is 0 Å². The van der Waals surface area contributed by atoms with Crippen molar-refractivity contribution in [3.8, 4) is 11.5 Å². The second-order valence-corrected chi connectivity index (χ2v) is 6.53. The minimum atomic E-state index is -0.139. The third kappa shape index (κ3) is 2.63. The SMILES string of the molecule is Cc1nc(-c2cnn(C)c2)oc1C(=O)N1c2ccccc2CCC1C. The number of hydrogen-bond acceptors (Lipinski definition) is 4. The predicted octanol–water partition coefficient (Wildman–Crippen LogP) is 3.37. The zero-order valence-corrected chi connectivity index (χ0v) is 14.6. The molecule has 0 saturated heterocycles. The number of aryl methyl sites for hydroxylation is 3. The molecule has 128 valence electrons. The van der Waals surface area contributed by atoms with Crippen LogP contribution in [-0.4, -0.2) is 26.7 Å². The summed E-state index contributed by atoms with van der Waals surface area (Å²) in [5, 5.41) is 4.13. The normalized spacial score (nSPS) is 16.8. The maximum absolute atomic E-state index is 13.2. The molecule has 0 N–H and O–H groups in total. The molecule has 6 nitrogen and oxygen atoms in total. The second kappa shape index (κ2) is 5.88. The van der Waals surface area contributed by atoms with Crippen molar-refractivity contribution in [2.75, 3.05) is 4.90 Å². The third-order valence-electron chi connectivity index (χ3n) is 4.68. The number of para-hydroxylation sites is 1. The topological polar surface area (TPSA) is 64.2 Å². The van der Waals surface area contributed by atoms with Gasteiger partial charge in [0.05, 0.1) is 17.5 Å². The number of carbonyl (C=O) groups excluding carboxylic acids is 1. The van der Waals surface area contributed by atoms with Gasteiger partial charge in [0.15, 0.2) is 0 Å². The fraction of sp³-hybridized carbons (Fsp3) is 0.316. The van der Waals surface area contributed by atoms with Crippen LogP contribution in [0.15, 0.2) is 41.1 Å². The first-order chi connectivity index (χ1) is 12.0. The molecule has 6 heteroatoms. The molecule has 0 fully saturated rings. The number of rotatable bonds is 2. The van der Waals surface area contributed by atoms with Gasteiger partial charge in [0.1, 0.15) is 0 Å². The lowest BCUT2D eigenvalue weighted by Crippen LogP contribution is -2.42. The number of oxazole rings is 1. The molecule has 2 aromatic heterocycles. The van der Waals surface area contributed by atoms with Gasteiger partial charge < -0.3 is 9.32 Å². The molecule has 0 radical (unpaired) electrons. The van der Waals surface area contributed by atoms with Crippen LogP contribution in [0.4, 0.5) is 5.69 Å². The van der Waals surface area contributed by atoms with Crippen molar-refractivity contribution in [3.05, 3.63) is 53.7 Å². The molecule has 1 aromatic carbocycles. The first-order valence-corrected chi connectivity index (χ1v) is 8.42. The Morgan fingerprint density at radius 1 is 1.32 bits per heavy atom. The van der Waals surface area contributed by atoms with Gasteiger partial charge in [-0.25, -0.2) is 4.98 Å². The Kier molecular flexibility index (Phi) is 3.67. The van der Waals surface area contributed by atoms with Crippen molar-refractivity contribution in [2.24, 2.45) is 7.05 Å². The van der Waals surface area contributed by atoms with Crippen LogP contribution in [-0.2, 0) is 13.5 Å². The van der Waals surface area contributed by atoms with E-state index in [0.29, 0.717) is 17.3 Å². The largest absolute Gasteiger partial charge is 0.430 e. The number of hydrogen-bond donors (Lipinski definition) is 0. The first-order valence-electron chi connectivity index (χ1n) is 8.42. The van der Waals surface area contributed by atoms with Crippen LogP contribution >= 0.6 is 0 Å². The lowest BCUT2D eigenvalue weighted by Gasteiger charge is -2.34. The number of aromatic nitrogens is 3. The van der Waals surface area contributed by atoms with E-state index in [2.05, 4.69) is 23.1 Å². The molecule has 0 saturated carbocycles. The lowest BCUT2D eigenvalue weighted by atomic mass is 9.96. The monoisotopic (exact) mass is 336 g/mol. The summed E-state index contributed by atoms with van der Waals surface area (Å²) in [5.41, 5.74) is 3.51. The van der Waals surface area contributed by atoms with Gasteiger partial charge >= 0.3 is 0 Å². The van der Waals surface area contributed by atoms with Gasteiger partial charge in [0.25, 0.3) is 5.91 Å². The maximum Gasteiger partial charge on any atom is 0.296 e. The van der Waals surface area contributed by atoms with Crippen molar-refractivity contribution in [3.63, 3.8) is 0 Å². The highest BCUT2D eigenvalue weighted by Gasteiger charge is 2.32. The van der Waals surface area contributed by atoms with Gasteiger partial charge in [-0.05, 0) is 38.3 Å². The van der Waals surface area contributed by atoms with Gasteiger partial charge in [-0.1, -0.05) is 18.2 Å². The molecular weight excluding hydrogens is 316 g/mol. The Morgan fingerprint density at radius 2 is 2.12 bits per heavy atom. The summed E-state index contributed by atoms with van der Waals surface area (Å²) in [6.07, 6.45) is 5.42. The number of amides is 1. The summed E-state index contributed by atoms with van der Waals surface area (Å²) in [7, 11) is 1.83. The molecule has 1 aliphatic rings. The molecule has 0 aliphatic carbocycles. The Morgan fingerprint density at radius 3 is 2.88 bits per heavy atom. The highest BCUT2D eigenvalue weighted by Crippen LogP contribution is 2.33. The van der Waals surface area contributed by atoms with E-state index in [1.54, 1.807) is 17.8 Å². The smallest absolute Gasteiger partial charge is 0.296 e. The lowest BCUT2D eigenvalue weighted by molar-refractivity contribution is 0.0948. The minimum absolute atomic E-state index is 0.119. The fourth-order valence-electron chi connectivity index (χ4n) is 3.36. The summed E-state index contributed by atoms with van der Waals surface area (Å²) in [5.74, 6) is 0.578. The van der Waals surface area contributed by atoms with E-state index in [1.807, 2.05) is 36.3 Å². The fourth-order valence-corrected chi connectivity index (χ4v) is 3.36. The minimum Gasteiger partial charge on any atom is -0.430 e. The van der Waals surface area contributed by atoms with Crippen molar-refractivity contribution in [1.82, 2.24) is 14.8 Å². The molecule has 25 heavy (non-hydrogen) atoms. The number of carbonyl (C=O) groups is 1. The van der Waals surface area contributed by atoms with E-state index < -0.39 is 0 Å². The molecule has 4 rings (SSSR count). The van der Waals surface area contributed by atoms with E-state index in [0.717, 1.165) is 24.1 Å². The summed E-state index contributed by atoms with van der Waals surface area (Å²) in [4.78, 5) is 19.5. The Labute approximate surface area is 146 Å². The Balaban J connectivity index is 1.73. The number of anilines is 1. The first kappa shape index (κ1) is 15.6. The van der Waals surface area contributed by atoms with Crippen LogP contribution in [0.1, 0.15) is 35.2 Å².